The first-order chi connectivity index (χ1) is 5.67. The second-order valence-corrected chi connectivity index (χ2v) is 5.58. The van der Waals surface area contributed by atoms with Gasteiger partial charge in [0.25, 0.3) is 0 Å². The van der Waals surface area contributed by atoms with Crippen LogP contribution >= 0.6 is 0 Å². The molecule has 4 heteroatoms. The van der Waals surface area contributed by atoms with Crippen LogP contribution in [0.5, 0.6) is 0 Å². The highest BCUT2D eigenvalue weighted by atomic mass is 32.2. The molecule has 0 heterocycles. The Morgan fingerprint density at radius 2 is 1.92 bits per heavy atom. The van der Waals surface area contributed by atoms with E-state index in [1.54, 1.807) is 0 Å². The first-order valence-corrected chi connectivity index (χ1v) is 5.97. The maximum absolute atomic E-state index is 11.4. The smallest absolute Gasteiger partial charge is 0.154 e. The molecule has 0 saturated heterocycles. The molecule has 12 heavy (non-hydrogen) atoms. The molecule has 0 spiro atoms. The number of nitriles is 1. The molecule has 0 radical (unpaired) electrons. The molecule has 3 nitrogen and oxygen atoms in total. The third-order valence-corrected chi connectivity index (χ3v) is 4.57. The van der Waals surface area contributed by atoms with Crippen LogP contribution in [0.2, 0.25) is 0 Å². The molecule has 1 aliphatic rings. The van der Waals surface area contributed by atoms with Crippen LogP contribution in [0, 0.1) is 11.3 Å². The van der Waals surface area contributed by atoms with Crippen molar-refractivity contribution in [1.82, 2.24) is 0 Å². The van der Waals surface area contributed by atoms with Gasteiger partial charge in [-0.05, 0) is 12.8 Å². The SMILES string of the molecule is N#CCCS(=O)(=O)C1CCCC1. The van der Waals surface area contributed by atoms with E-state index in [2.05, 4.69) is 0 Å². The Morgan fingerprint density at radius 3 is 2.42 bits per heavy atom. The predicted octanol–water partition coefficient (Wildman–Crippen LogP) is 1.26. The molecule has 1 fully saturated rings. The lowest BCUT2D eigenvalue weighted by Gasteiger charge is -2.08. The molecule has 1 aliphatic carbocycles. The van der Waals surface area contributed by atoms with Crippen molar-refractivity contribution in [2.24, 2.45) is 0 Å². The van der Waals surface area contributed by atoms with Gasteiger partial charge in [-0.3, -0.25) is 0 Å². The fourth-order valence-electron chi connectivity index (χ4n) is 1.60. The Bertz CT molecular complexity index is 270. The standard InChI is InChI=1S/C8H13NO2S/c9-6-3-7-12(10,11)8-4-1-2-5-8/h8H,1-5,7H2. The van der Waals surface area contributed by atoms with E-state index in [-0.39, 0.29) is 17.4 Å². The Morgan fingerprint density at radius 1 is 1.33 bits per heavy atom. The summed E-state index contributed by atoms with van der Waals surface area (Å²) >= 11 is 0. The van der Waals surface area contributed by atoms with E-state index in [9.17, 15) is 8.42 Å². The zero-order valence-corrected chi connectivity index (χ0v) is 7.81. The maximum Gasteiger partial charge on any atom is 0.154 e. The minimum absolute atomic E-state index is 0.0498. The molecular weight excluding hydrogens is 174 g/mol. The lowest BCUT2D eigenvalue weighted by molar-refractivity contribution is 0.579. The highest BCUT2D eigenvalue weighted by molar-refractivity contribution is 7.92. The van der Waals surface area contributed by atoms with E-state index in [4.69, 9.17) is 5.26 Å². The lowest BCUT2D eigenvalue weighted by Crippen LogP contribution is -2.20. The van der Waals surface area contributed by atoms with Gasteiger partial charge in [0, 0.05) is 6.42 Å². The number of sulfone groups is 1. The van der Waals surface area contributed by atoms with Crippen LogP contribution in [0.25, 0.3) is 0 Å². The molecule has 1 saturated carbocycles. The average molecular weight is 187 g/mol. The van der Waals surface area contributed by atoms with Crippen LogP contribution in [0.1, 0.15) is 32.1 Å². The predicted molar refractivity (Wildman–Crippen MR) is 46.3 cm³/mol. The van der Waals surface area contributed by atoms with Crippen LogP contribution in [0.4, 0.5) is 0 Å². The van der Waals surface area contributed by atoms with Crippen molar-refractivity contribution < 1.29 is 8.42 Å². The minimum Gasteiger partial charge on any atom is -0.229 e. The van der Waals surface area contributed by atoms with Gasteiger partial charge in [-0.2, -0.15) is 5.26 Å². The molecule has 0 aromatic rings. The number of nitrogens with zero attached hydrogens (tertiary/aromatic N) is 1. The van der Waals surface area contributed by atoms with E-state index in [1.165, 1.54) is 0 Å². The van der Waals surface area contributed by atoms with Gasteiger partial charge in [-0.1, -0.05) is 12.8 Å². The second-order valence-electron chi connectivity index (χ2n) is 3.18. The van der Waals surface area contributed by atoms with Gasteiger partial charge < -0.3 is 0 Å². The quantitative estimate of drug-likeness (QED) is 0.668. The number of rotatable bonds is 3. The number of hydrogen-bond donors (Lipinski definition) is 0. The third kappa shape index (κ3) is 2.21. The molecule has 0 aliphatic heterocycles. The Kier molecular flexibility index (Phi) is 3.10. The van der Waals surface area contributed by atoms with Gasteiger partial charge in [-0.25, -0.2) is 8.42 Å². The fourth-order valence-corrected chi connectivity index (χ4v) is 3.36. The molecule has 68 valence electrons. The lowest BCUT2D eigenvalue weighted by atomic mass is 10.4. The van der Waals surface area contributed by atoms with E-state index < -0.39 is 9.84 Å². The first-order valence-electron chi connectivity index (χ1n) is 4.25. The minimum atomic E-state index is -2.94. The van der Waals surface area contributed by atoms with Crippen LogP contribution in [-0.2, 0) is 9.84 Å². The molecule has 0 unspecified atom stereocenters. The zero-order chi connectivity index (χ0) is 9.03. The average Bonchev–Trinajstić information content (AvgIpc) is 2.53. The summed E-state index contributed by atoms with van der Waals surface area (Å²) in [7, 11) is -2.94. The summed E-state index contributed by atoms with van der Waals surface area (Å²) in [6.45, 7) is 0. The first kappa shape index (κ1) is 9.53. The summed E-state index contributed by atoms with van der Waals surface area (Å²) in [6.07, 6.45) is 3.78. The molecule has 0 aromatic carbocycles. The highest BCUT2D eigenvalue weighted by Gasteiger charge is 2.27. The normalized spacial score (nSPS) is 19.2. The Labute approximate surface area is 73.3 Å². The molecule has 0 amide bonds. The Hall–Kier alpha value is -0.560. The van der Waals surface area contributed by atoms with Crippen molar-refractivity contribution in [1.29, 1.82) is 5.26 Å². The van der Waals surface area contributed by atoms with Crippen LogP contribution in [0.15, 0.2) is 0 Å². The third-order valence-electron chi connectivity index (χ3n) is 2.31. The summed E-state index contributed by atoms with van der Waals surface area (Å²) in [6, 6.07) is 1.87. The number of hydrogen-bond acceptors (Lipinski definition) is 3. The van der Waals surface area contributed by atoms with Gasteiger partial charge in [0.2, 0.25) is 0 Å². The molecule has 0 N–H and O–H groups in total. The highest BCUT2D eigenvalue weighted by Crippen LogP contribution is 2.25. The van der Waals surface area contributed by atoms with Crippen LogP contribution in [-0.4, -0.2) is 19.4 Å². The molecule has 1 rings (SSSR count). The molecule has 0 bridgehead atoms. The van der Waals surface area contributed by atoms with Gasteiger partial charge in [0.05, 0.1) is 17.1 Å². The largest absolute Gasteiger partial charge is 0.229 e. The van der Waals surface area contributed by atoms with Gasteiger partial charge >= 0.3 is 0 Å². The van der Waals surface area contributed by atoms with Gasteiger partial charge in [0.1, 0.15) is 0 Å². The van der Waals surface area contributed by atoms with Crippen molar-refractivity contribution in [3.05, 3.63) is 0 Å². The maximum atomic E-state index is 11.4. The topological polar surface area (TPSA) is 57.9 Å². The van der Waals surface area contributed by atoms with Crippen LogP contribution in [0.3, 0.4) is 0 Å². The van der Waals surface area contributed by atoms with Crippen molar-refractivity contribution in [3.63, 3.8) is 0 Å². The van der Waals surface area contributed by atoms with Gasteiger partial charge in [0.15, 0.2) is 9.84 Å². The summed E-state index contributed by atoms with van der Waals surface area (Å²) in [5.41, 5.74) is 0. The zero-order valence-electron chi connectivity index (χ0n) is 6.99. The Balaban J connectivity index is 2.53. The van der Waals surface area contributed by atoms with E-state index in [1.807, 2.05) is 6.07 Å². The van der Waals surface area contributed by atoms with E-state index in [0.29, 0.717) is 0 Å². The molecule has 0 aromatic heterocycles. The second kappa shape index (κ2) is 3.90. The van der Waals surface area contributed by atoms with Crippen molar-refractivity contribution >= 4 is 9.84 Å². The molecule has 0 atom stereocenters. The van der Waals surface area contributed by atoms with Crippen LogP contribution < -0.4 is 0 Å². The summed E-state index contributed by atoms with van der Waals surface area (Å²) in [5.74, 6) is 0.0498. The van der Waals surface area contributed by atoms with Crippen molar-refractivity contribution in [3.8, 4) is 6.07 Å². The fraction of sp³-hybridized carbons (Fsp3) is 0.875. The molecular formula is C8H13NO2S. The summed E-state index contributed by atoms with van der Waals surface area (Å²) < 4.78 is 22.9. The summed E-state index contributed by atoms with van der Waals surface area (Å²) in [4.78, 5) is 0. The van der Waals surface area contributed by atoms with E-state index >= 15 is 0 Å². The summed E-state index contributed by atoms with van der Waals surface area (Å²) in [5, 5.41) is 8.11. The van der Waals surface area contributed by atoms with Crippen molar-refractivity contribution in [2.75, 3.05) is 5.75 Å². The van der Waals surface area contributed by atoms with E-state index in [0.717, 1.165) is 25.7 Å². The van der Waals surface area contributed by atoms with Crippen molar-refractivity contribution in [2.45, 2.75) is 37.4 Å². The monoisotopic (exact) mass is 187 g/mol. The van der Waals surface area contributed by atoms with Gasteiger partial charge in [-0.15, -0.1) is 0 Å².